The molecular formula is C24H17Cl2N3O4. The van der Waals surface area contributed by atoms with Crippen LogP contribution in [0.15, 0.2) is 73.1 Å². The molecule has 2 aromatic heterocycles. The van der Waals surface area contributed by atoms with E-state index in [9.17, 15) is 19.9 Å². The Kier molecular flexibility index (Phi) is 6.44. The van der Waals surface area contributed by atoms with Crippen molar-refractivity contribution in [2.75, 3.05) is 0 Å². The van der Waals surface area contributed by atoms with Gasteiger partial charge in [-0.05, 0) is 35.9 Å². The van der Waals surface area contributed by atoms with Crippen molar-refractivity contribution in [1.29, 1.82) is 0 Å². The highest BCUT2D eigenvalue weighted by Crippen LogP contribution is 2.29. The number of aromatic nitrogens is 2. The molecule has 0 spiro atoms. The van der Waals surface area contributed by atoms with Crippen LogP contribution in [0.25, 0.3) is 22.2 Å². The number of carboxylic acids is 1. The first-order valence-corrected chi connectivity index (χ1v) is 10.6. The fraction of sp³-hybridized carbons (Fsp3) is 0.0833. The van der Waals surface area contributed by atoms with E-state index in [2.05, 4.69) is 10.3 Å². The molecule has 166 valence electrons. The van der Waals surface area contributed by atoms with Crippen LogP contribution in [0.5, 0.6) is 0 Å². The van der Waals surface area contributed by atoms with Crippen molar-refractivity contribution in [1.82, 2.24) is 10.3 Å². The molecule has 7 nitrogen and oxygen atoms in total. The summed E-state index contributed by atoms with van der Waals surface area (Å²) >= 11 is 12.2. The highest BCUT2D eigenvalue weighted by molar-refractivity contribution is 6.39. The van der Waals surface area contributed by atoms with Crippen LogP contribution in [0, 0.1) is 5.21 Å². The summed E-state index contributed by atoms with van der Waals surface area (Å²) in [4.78, 5) is 29.1. The molecule has 0 aliphatic carbocycles. The average Bonchev–Trinajstić information content (AvgIpc) is 2.79. The van der Waals surface area contributed by atoms with E-state index in [1.807, 2.05) is 6.07 Å². The van der Waals surface area contributed by atoms with Gasteiger partial charge in [-0.15, -0.1) is 0 Å². The summed E-state index contributed by atoms with van der Waals surface area (Å²) in [5, 5.41) is 25.5. The maximum Gasteiger partial charge on any atom is 0.326 e. The SMILES string of the molecule is O=C(NC(Cc1ccc(-c2cccc[n+]2[O-])c2cccnc12)C(=O)O)c1c(Cl)cccc1Cl. The molecule has 2 heterocycles. The Bertz CT molecular complexity index is 1360. The Morgan fingerprint density at radius 1 is 1.03 bits per heavy atom. The van der Waals surface area contributed by atoms with E-state index in [0.717, 1.165) is 4.73 Å². The number of nitrogens with one attached hydrogen (secondary N) is 1. The van der Waals surface area contributed by atoms with E-state index in [1.54, 1.807) is 48.7 Å². The fourth-order valence-electron chi connectivity index (χ4n) is 3.62. The summed E-state index contributed by atoms with van der Waals surface area (Å²) < 4.78 is 0.759. The number of benzene rings is 2. The Labute approximate surface area is 198 Å². The largest absolute Gasteiger partial charge is 0.618 e. The highest BCUT2D eigenvalue weighted by atomic mass is 35.5. The molecule has 0 aliphatic rings. The lowest BCUT2D eigenvalue weighted by Gasteiger charge is -2.17. The Balaban J connectivity index is 1.70. The first-order chi connectivity index (χ1) is 15.9. The van der Waals surface area contributed by atoms with Crippen LogP contribution in [0.4, 0.5) is 0 Å². The Morgan fingerprint density at radius 2 is 1.79 bits per heavy atom. The second-order valence-corrected chi connectivity index (χ2v) is 8.06. The molecule has 0 radical (unpaired) electrons. The Hall–Kier alpha value is -3.68. The quantitative estimate of drug-likeness (QED) is 0.316. The summed E-state index contributed by atoms with van der Waals surface area (Å²) in [6.45, 7) is 0. The second kappa shape index (κ2) is 9.44. The van der Waals surface area contributed by atoms with Gasteiger partial charge >= 0.3 is 5.97 Å². The number of halogens is 2. The van der Waals surface area contributed by atoms with E-state index in [-0.39, 0.29) is 22.0 Å². The minimum Gasteiger partial charge on any atom is -0.618 e. The molecule has 33 heavy (non-hydrogen) atoms. The maximum atomic E-state index is 12.7. The van der Waals surface area contributed by atoms with Gasteiger partial charge in [-0.1, -0.05) is 41.4 Å². The van der Waals surface area contributed by atoms with Crippen LogP contribution in [0.1, 0.15) is 15.9 Å². The van der Waals surface area contributed by atoms with Gasteiger partial charge in [0.1, 0.15) is 6.04 Å². The van der Waals surface area contributed by atoms with Gasteiger partial charge in [0.15, 0.2) is 6.20 Å². The van der Waals surface area contributed by atoms with Gasteiger partial charge in [0.25, 0.3) is 5.91 Å². The molecule has 2 N–H and O–H groups in total. The van der Waals surface area contributed by atoms with Crippen LogP contribution in [0.2, 0.25) is 10.0 Å². The number of pyridine rings is 2. The molecule has 0 aliphatic heterocycles. The normalized spacial score (nSPS) is 11.8. The number of nitrogens with zero attached hydrogens (tertiary/aromatic N) is 2. The standard InChI is InChI=1S/C24H17Cl2N3O4/c25-17-6-3-7-18(26)21(17)23(30)28-19(24(31)32)13-14-9-10-15(16-5-4-11-27-22(14)16)20-8-1-2-12-29(20)33/h1-12,19H,13H2,(H,28,30)(H,31,32). The van der Waals surface area contributed by atoms with Crippen molar-refractivity contribution in [3.63, 3.8) is 0 Å². The number of hydrogen-bond acceptors (Lipinski definition) is 4. The third-order valence-corrected chi connectivity index (χ3v) is 5.80. The molecule has 2 aromatic carbocycles. The second-order valence-electron chi connectivity index (χ2n) is 7.25. The molecule has 1 amide bonds. The van der Waals surface area contributed by atoms with Crippen molar-refractivity contribution < 1.29 is 19.4 Å². The van der Waals surface area contributed by atoms with E-state index in [4.69, 9.17) is 23.2 Å². The van der Waals surface area contributed by atoms with Gasteiger partial charge in [0.05, 0.1) is 26.7 Å². The predicted molar refractivity (Wildman–Crippen MR) is 125 cm³/mol. The Morgan fingerprint density at radius 3 is 2.48 bits per heavy atom. The number of carbonyl (C=O) groups excluding carboxylic acids is 1. The zero-order valence-electron chi connectivity index (χ0n) is 17.0. The van der Waals surface area contributed by atoms with Gasteiger partial charge in [-0.3, -0.25) is 9.78 Å². The van der Waals surface area contributed by atoms with Crippen LogP contribution < -0.4 is 10.0 Å². The molecule has 0 bridgehead atoms. The lowest BCUT2D eigenvalue weighted by molar-refractivity contribution is -0.593. The van der Waals surface area contributed by atoms with Crippen molar-refractivity contribution in [3.05, 3.63) is 99.4 Å². The van der Waals surface area contributed by atoms with E-state index in [0.29, 0.717) is 27.7 Å². The van der Waals surface area contributed by atoms with Crippen molar-refractivity contribution >= 4 is 46.0 Å². The first kappa shape index (κ1) is 22.5. The van der Waals surface area contributed by atoms with Crippen molar-refractivity contribution in [2.45, 2.75) is 12.5 Å². The molecule has 0 saturated heterocycles. The van der Waals surface area contributed by atoms with Gasteiger partial charge < -0.3 is 15.6 Å². The summed E-state index contributed by atoms with van der Waals surface area (Å²) in [5.74, 6) is -1.91. The van der Waals surface area contributed by atoms with Crippen LogP contribution in [-0.4, -0.2) is 28.0 Å². The zero-order chi connectivity index (χ0) is 23.5. The molecular weight excluding hydrogens is 465 g/mol. The van der Waals surface area contributed by atoms with Crippen LogP contribution in [0.3, 0.4) is 0 Å². The molecule has 0 saturated carbocycles. The lowest BCUT2D eigenvalue weighted by Crippen LogP contribution is -2.42. The third-order valence-electron chi connectivity index (χ3n) is 5.17. The van der Waals surface area contributed by atoms with Crippen molar-refractivity contribution in [3.8, 4) is 11.3 Å². The number of hydrogen-bond donors (Lipinski definition) is 2. The van der Waals surface area contributed by atoms with Gasteiger partial charge in [-0.25, -0.2) is 4.79 Å². The molecule has 9 heteroatoms. The molecule has 1 unspecified atom stereocenters. The number of amides is 1. The fourth-order valence-corrected chi connectivity index (χ4v) is 4.19. The monoisotopic (exact) mass is 481 g/mol. The van der Waals surface area contributed by atoms with E-state index < -0.39 is 17.9 Å². The van der Waals surface area contributed by atoms with E-state index >= 15 is 0 Å². The van der Waals surface area contributed by atoms with Gasteiger partial charge in [0.2, 0.25) is 5.69 Å². The summed E-state index contributed by atoms with van der Waals surface area (Å²) in [6.07, 6.45) is 2.95. The lowest BCUT2D eigenvalue weighted by atomic mass is 9.97. The number of rotatable bonds is 6. The van der Waals surface area contributed by atoms with E-state index in [1.165, 1.54) is 18.3 Å². The topological polar surface area (TPSA) is 106 Å². The number of fused-ring (bicyclic) bond motifs is 1. The number of carboxylic acid groups (broad SMARTS) is 1. The molecule has 0 fully saturated rings. The smallest absolute Gasteiger partial charge is 0.326 e. The minimum atomic E-state index is -1.26. The zero-order valence-corrected chi connectivity index (χ0v) is 18.5. The van der Waals surface area contributed by atoms with Crippen LogP contribution in [-0.2, 0) is 11.2 Å². The highest BCUT2D eigenvalue weighted by Gasteiger charge is 2.25. The van der Waals surface area contributed by atoms with Gasteiger partial charge in [-0.2, -0.15) is 4.73 Å². The van der Waals surface area contributed by atoms with Gasteiger partial charge in [0, 0.05) is 30.1 Å². The minimum absolute atomic E-state index is 0.00879. The summed E-state index contributed by atoms with van der Waals surface area (Å²) in [6, 6.07) is 15.4. The summed E-state index contributed by atoms with van der Waals surface area (Å²) in [7, 11) is 0. The maximum absolute atomic E-state index is 12.7. The summed E-state index contributed by atoms with van der Waals surface area (Å²) in [5.41, 5.74) is 2.25. The first-order valence-electron chi connectivity index (χ1n) is 9.89. The third kappa shape index (κ3) is 4.60. The number of aliphatic carboxylic acids is 1. The predicted octanol–water partition coefficient (Wildman–Crippen LogP) is 4.27. The number of carbonyl (C=O) groups is 2. The molecule has 1 atom stereocenters. The average molecular weight is 482 g/mol. The van der Waals surface area contributed by atoms with Crippen LogP contribution >= 0.6 is 23.2 Å². The molecule has 4 aromatic rings. The molecule has 4 rings (SSSR count). The van der Waals surface area contributed by atoms with Crippen molar-refractivity contribution in [2.24, 2.45) is 0 Å².